The molecule has 2 bridgehead atoms. The molecule has 3 nitrogen and oxygen atoms in total. The molecule has 3 rings (SSSR count). The smallest absolute Gasteiger partial charge is 0.145 e. The molecule has 0 amide bonds. The van der Waals surface area contributed by atoms with Crippen LogP contribution in [0.25, 0.3) is 0 Å². The quantitative estimate of drug-likeness (QED) is 0.759. The summed E-state index contributed by atoms with van der Waals surface area (Å²) in [4.78, 5) is 13.4. The van der Waals surface area contributed by atoms with Crippen LogP contribution in [0.2, 0.25) is 0 Å². The third-order valence-corrected chi connectivity index (χ3v) is 8.69. The average molecular weight is 334 g/mol. The summed E-state index contributed by atoms with van der Waals surface area (Å²) in [5.74, 6) is 1.02. The Hall–Kier alpha value is -0.670. The van der Waals surface area contributed by atoms with Gasteiger partial charge in [0.05, 0.1) is 6.10 Å². The van der Waals surface area contributed by atoms with Gasteiger partial charge in [-0.15, -0.1) is 6.58 Å². The van der Waals surface area contributed by atoms with Crippen LogP contribution < -0.4 is 0 Å². The molecule has 3 fully saturated rings. The van der Waals surface area contributed by atoms with E-state index in [9.17, 15) is 15.0 Å². The van der Waals surface area contributed by atoms with Gasteiger partial charge in [-0.2, -0.15) is 0 Å². The standard InChI is InChI=1S/C21H34O3/c1-6-19(4)11-16(23)20(5)13(2)7-9-21(14(3)18(19)24)10-8-15(12-22)17(20)21/h6,13-17,22-23H,1,7-12H2,2-5H3/t13-,14+,15?,16-,17?,19-,20+,21+/m1/s1. The van der Waals surface area contributed by atoms with Gasteiger partial charge >= 0.3 is 0 Å². The Morgan fingerprint density at radius 1 is 1.25 bits per heavy atom. The van der Waals surface area contributed by atoms with Crippen molar-refractivity contribution in [3.8, 4) is 0 Å². The highest BCUT2D eigenvalue weighted by Crippen LogP contribution is 2.69. The molecule has 3 saturated carbocycles. The maximum atomic E-state index is 13.4. The molecule has 2 unspecified atom stereocenters. The minimum absolute atomic E-state index is 0.0404. The van der Waals surface area contributed by atoms with Crippen LogP contribution in [0.5, 0.6) is 0 Å². The first-order chi connectivity index (χ1) is 11.2. The van der Waals surface area contributed by atoms with Crippen LogP contribution in [0.4, 0.5) is 0 Å². The highest BCUT2D eigenvalue weighted by atomic mass is 16.3. The largest absolute Gasteiger partial charge is 0.396 e. The maximum Gasteiger partial charge on any atom is 0.145 e. The molecule has 0 heterocycles. The molecule has 0 aromatic heterocycles. The summed E-state index contributed by atoms with van der Waals surface area (Å²) in [6, 6.07) is 0. The van der Waals surface area contributed by atoms with Gasteiger partial charge in [0.15, 0.2) is 0 Å². The zero-order valence-corrected chi connectivity index (χ0v) is 15.7. The number of carbonyl (C=O) groups is 1. The van der Waals surface area contributed by atoms with Crippen LogP contribution in [-0.2, 0) is 4.79 Å². The second-order valence-electron chi connectivity index (χ2n) is 9.43. The third kappa shape index (κ3) is 2.07. The monoisotopic (exact) mass is 334 g/mol. The first kappa shape index (κ1) is 18.1. The molecule has 2 N–H and O–H groups in total. The van der Waals surface area contributed by atoms with Gasteiger partial charge in [0.25, 0.3) is 0 Å². The summed E-state index contributed by atoms with van der Waals surface area (Å²) in [6.07, 6.45) is 5.74. The topological polar surface area (TPSA) is 57.5 Å². The minimum atomic E-state index is -0.660. The Morgan fingerprint density at radius 2 is 1.88 bits per heavy atom. The van der Waals surface area contributed by atoms with E-state index in [-0.39, 0.29) is 41.0 Å². The van der Waals surface area contributed by atoms with E-state index in [1.54, 1.807) is 6.08 Å². The molecule has 0 spiro atoms. The van der Waals surface area contributed by atoms with E-state index in [0.717, 1.165) is 25.7 Å². The molecule has 136 valence electrons. The van der Waals surface area contributed by atoms with Gasteiger partial charge in [-0.1, -0.05) is 26.8 Å². The molecule has 0 aromatic rings. The number of rotatable bonds is 2. The number of hydrogen-bond donors (Lipinski definition) is 2. The summed E-state index contributed by atoms with van der Waals surface area (Å²) < 4.78 is 0. The minimum Gasteiger partial charge on any atom is -0.396 e. The van der Waals surface area contributed by atoms with Crippen LogP contribution in [-0.4, -0.2) is 28.7 Å². The van der Waals surface area contributed by atoms with Crippen molar-refractivity contribution in [2.75, 3.05) is 6.61 Å². The SMILES string of the molecule is C=C[C@]1(C)C[C@@H](O)[C@@]2(C)C3C(CO)CC[C@@]3(CC[C@H]2C)[C@@H](C)C1=O. The van der Waals surface area contributed by atoms with Crippen LogP contribution >= 0.6 is 0 Å². The lowest BCUT2D eigenvalue weighted by Crippen LogP contribution is -2.61. The van der Waals surface area contributed by atoms with Crippen molar-refractivity contribution >= 4 is 5.78 Å². The first-order valence-corrected chi connectivity index (χ1v) is 9.64. The molecule has 8 atom stereocenters. The summed E-state index contributed by atoms with van der Waals surface area (Å²) >= 11 is 0. The third-order valence-electron chi connectivity index (χ3n) is 8.69. The molecule has 3 aliphatic rings. The average Bonchev–Trinajstić information content (AvgIpc) is 2.96. The van der Waals surface area contributed by atoms with E-state index in [0.29, 0.717) is 12.3 Å². The lowest BCUT2D eigenvalue weighted by molar-refractivity contribution is -0.181. The Bertz CT molecular complexity index is 543. The van der Waals surface area contributed by atoms with Gasteiger partial charge in [-0.25, -0.2) is 0 Å². The second kappa shape index (κ2) is 5.67. The normalized spacial score (nSPS) is 54.8. The summed E-state index contributed by atoms with van der Waals surface area (Å²) in [5.41, 5.74) is -0.981. The second-order valence-corrected chi connectivity index (χ2v) is 9.43. The predicted octanol–water partition coefficient (Wildman–Crippen LogP) is 3.59. The Labute approximate surface area is 146 Å². The van der Waals surface area contributed by atoms with Gasteiger partial charge in [0.2, 0.25) is 0 Å². The number of aliphatic hydroxyl groups is 2. The number of carbonyl (C=O) groups excluding carboxylic acids is 1. The van der Waals surface area contributed by atoms with Crippen LogP contribution in [0.3, 0.4) is 0 Å². The Balaban J connectivity index is 2.21. The fourth-order valence-electron chi connectivity index (χ4n) is 6.85. The highest BCUT2D eigenvalue weighted by molar-refractivity contribution is 5.89. The number of ketones is 1. The zero-order valence-electron chi connectivity index (χ0n) is 15.7. The fourth-order valence-corrected chi connectivity index (χ4v) is 6.85. The fraction of sp³-hybridized carbons (Fsp3) is 0.857. The summed E-state index contributed by atoms with van der Waals surface area (Å²) in [6.45, 7) is 12.6. The van der Waals surface area contributed by atoms with Gasteiger partial charge in [-0.3, -0.25) is 4.79 Å². The van der Waals surface area contributed by atoms with Crippen molar-refractivity contribution in [3.05, 3.63) is 12.7 Å². The molecule has 0 radical (unpaired) electrons. The van der Waals surface area contributed by atoms with Crippen molar-refractivity contribution < 1.29 is 15.0 Å². The molecule has 24 heavy (non-hydrogen) atoms. The van der Waals surface area contributed by atoms with E-state index in [1.165, 1.54) is 0 Å². The first-order valence-electron chi connectivity index (χ1n) is 9.64. The van der Waals surface area contributed by atoms with E-state index < -0.39 is 11.5 Å². The maximum absolute atomic E-state index is 13.4. The number of Topliss-reactive ketones (excluding diaryl/α,β-unsaturated/α-hetero) is 1. The summed E-state index contributed by atoms with van der Waals surface area (Å²) in [7, 11) is 0. The predicted molar refractivity (Wildman–Crippen MR) is 95.3 cm³/mol. The van der Waals surface area contributed by atoms with Crippen LogP contribution in [0.15, 0.2) is 12.7 Å². The van der Waals surface area contributed by atoms with Crippen molar-refractivity contribution in [2.45, 2.75) is 65.9 Å². The van der Waals surface area contributed by atoms with E-state index in [2.05, 4.69) is 27.4 Å². The van der Waals surface area contributed by atoms with E-state index in [4.69, 9.17) is 0 Å². The van der Waals surface area contributed by atoms with Crippen molar-refractivity contribution in [3.63, 3.8) is 0 Å². The zero-order chi connectivity index (χ0) is 17.9. The molecule has 0 aliphatic heterocycles. The molecule has 3 aliphatic carbocycles. The molecule has 0 saturated heterocycles. The lowest BCUT2D eigenvalue weighted by atomic mass is 9.43. The van der Waals surface area contributed by atoms with Crippen molar-refractivity contribution in [1.29, 1.82) is 0 Å². The highest BCUT2D eigenvalue weighted by Gasteiger charge is 2.66. The number of aliphatic hydroxyl groups excluding tert-OH is 2. The van der Waals surface area contributed by atoms with E-state index >= 15 is 0 Å². The van der Waals surface area contributed by atoms with Crippen molar-refractivity contribution in [2.24, 2.45) is 39.9 Å². The van der Waals surface area contributed by atoms with Crippen LogP contribution in [0.1, 0.15) is 59.8 Å². The van der Waals surface area contributed by atoms with Crippen molar-refractivity contribution in [1.82, 2.24) is 0 Å². The number of allylic oxidation sites excluding steroid dienone is 1. The Kier molecular flexibility index (Phi) is 4.28. The van der Waals surface area contributed by atoms with Gasteiger partial charge in [-0.05, 0) is 67.6 Å². The van der Waals surface area contributed by atoms with Crippen LogP contribution in [0, 0.1) is 39.9 Å². The molecular formula is C21H34O3. The van der Waals surface area contributed by atoms with E-state index in [1.807, 2.05) is 6.92 Å². The Morgan fingerprint density at radius 3 is 2.46 bits per heavy atom. The van der Waals surface area contributed by atoms with Gasteiger partial charge in [0, 0.05) is 17.9 Å². The lowest BCUT2D eigenvalue weighted by Gasteiger charge is -2.61. The van der Waals surface area contributed by atoms with Gasteiger partial charge in [0.1, 0.15) is 5.78 Å². The summed E-state index contributed by atoms with van der Waals surface area (Å²) in [5, 5.41) is 21.3. The molecule has 0 aromatic carbocycles. The molecule has 3 heteroatoms. The molecular weight excluding hydrogens is 300 g/mol. The van der Waals surface area contributed by atoms with Gasteiger partial charge < -0.3 is 10.2 Å². The number of hydrogen-bond acceptors (Lipinski definition) is 3.